The summed E-state index contributed by atoms with van der Waals surface area (Å²) >= 11 is 12.0. The SMILES string of the molecule is Cl.O=C(c1ccccc1NS(=O)(=O)c1cc(Cl)ccc1Cl)N1CCN(c2ccccc2)CC1. The molecule has 0 saturated carbocycles. The van der Waals surface area contributed by atoms with Crippen LogP contribution in [-0.4, -0.2) is 45.4 Å². The summed E-state index contributed by atoms with van der Waals surface area (Å²) in [5, 5.41) is 0.290. The standard InChI is InChI=1S/C23H21Cl2N3O3S.ClH/c24-17-10-11-20(25)22(16-17)32(30,31)26-21-9-5-4-8-19(21)23(29)28-14-12-27(13-15-28)18-6-2-1-3-7-18;/h1-11,16,26H,12-15H2;1H. The Labute approximate surface area is 209 Å². The van der Waals surface area contributed by atoms with Crippen LogP contribution in [0, 0.1) is 0 Å². The second kappa shape index (κ2) is 10.7. The molecule has 10 heteroatoms. The molecule has 0 spiro atoms. The molecule has 1 N–H and O–H groups in total. The van der Waals surface area contributed by atoms with Gasteiger partial charge in [-0.25, -0.2) is 8.42 Å². The Morgan fingerprint density at radius 2 is 1.48 bits per heavy atom. The van der Waals surface area contributed by atoms with Crippen LogP contribution in [0.25, 0.3) is 0 Å². The fourth-order valence-electron chi connectivity index (χ4n) is 3.62. The fraction of sp³-hybridized carbons (Fsp3) is 0.174. The van der Waals surface area contributed by atoms with E-state index in [2.05, 4.69) is 9.62 Å². The van der Waals surface area contributed by atoms with Crippen molar-refractivity contribution in [3.05, 3.63) is 88.4 Å². The Kier molecular flexibility index (Phi) is 8.13. The van der Waals surface area contributed by atoms with E-state index in [1.165, 1.54) is 18.2 Å². The molecule has 3 aromatic carbocycles. The van der Waals surface area contributed by atoms with Crippen LogP contribution in [0.1, 0.15) is 10.4 Å². The lowest BCUT2D eigenvalue weighted by Crippen LogP contribution is -2.48. The number of sulfonamides is 1. The maximum atomic E-state index is 13.2. The number of nitrogens with zero attached hydrogens (tertiary/aromatic N) is 2. The van der Waals surface area contributed by atoms with E-state index in [1.807, 2.05) is 30.3 Å². The van der Waals surface area contributed by atoms with Gasteiger partial charge in [-0.2, -0.15) is 0 Å². The van der Waals surface area contributed by atoms with Gasteiger partial charge in [-0.3, -0.25) is 9.52 Å². The van der Waals surface area contributed by atoms with Crippen molar-refractivity contribution < 1.29 is 13.2 Å². The highest BCUT2D eigenvalue weighted by atomic mass is 35.5. The highest BCUT2D eigenvalue weighted by molar-refractivity contribution is 7.92. The number of benzene rings is 3. The summed E-state index contributed by atoms with van der Waals surface area (Å²) in [6, 6.07) is 20.8. The zero-order valence-electron chi connectivity index (χ0n) is 17.4. The summed E-state index contributed by atoms with van der Waals surface area (Å²) in [5.74, 6) is -0.229. The normalized spacial score (nSPS) is 13.9. The third kappa shape index (κ3) is 5.73. The number of halogens is 3. The van der Waals surface area contributed by atoms with Gasteiger partial charge in [0.15, 0.2) is 0 Å². The van der Waals surface area contributed by atoms with Crippen molar-refractivity contribution >= 4 is 62.9 Å². The van der Waals surface area contributed by atoms with E-state index in [1.54, 1.807) is 29.2 Å². The summed E-state index contributed by atoms with van der Waals surface area (Å²) in [6.07, 6.45) is 0. The van der Waals surface area contributed by atoms with Crippen LogP contribution in [0.4, 0.5) is 11.4 Å². The van der Waals surface area contributed by atoms with Gasteiger partial charge in [0.05, 0.1) is 16.3 Å². The maximum Gasteiger partial charge on any atom is 0.263 e. The molecule has 1 aliphatic rings. The highest BCUT2D eigenvalue weighted by Gasteiger charge is 2.26. The molecule has 0 radical (unpaired) electrons. The van der Waals surface area contributed by atoms with E-state index in [0.717, 1.165) is 5.69 Å². The molecule has 1 heterocycles. The number of carbonyl (C=O) groups is 1. The maximum absolute atomic E-state index is 13.2. The minimum atomic E-state index is -4.04. The molecular formula is C23H22Cl3N3O3S. The second-order valence-electron chi connectivity index (χ2n) is 7.34. The van der Waals surface area contributed by atoms with Crippen molar-refractivity contribution in [3.8, 4) is 0 Å². The minimum absolute atomic E-state index is 0. The van der Waals surface area contributed by atoms with Crippen molar-refractivity contribution in [2.45, 2.75) is 4.90 Å². The number of carbonyl (C=O) groups excluding carboxylic acids is 1. The monoisotopic (exact) mass is 525 g/mol. The van der Waals surface area contributed by atoms with E-state index < -0.39 is 10.0 Å². The lowest BCUT2D eigenvalue weighted by Gasteiger charge is -2.36. The molecule has 1 saturated heterocycles. The van der Waals surface area contributed by atoms with E-state index in [0.29, 0.717) is 26.2 Å². The molecule has 33 heavy (non-hydrogen) atoms. The quantitative estimate of drug-likeness (QED) is 0.497. The van der Waals surface area contributed by atoms with Gasteiger partial charge < -0.3 is 9.80 Å². The summed E-state index contributed by atoms with van der Waals surface area (Å²) in [6.45, 7) is 2.47. The summed E-state index contributed by atoms with van der Waals surface area (Å²) in [7, 11) is -4.04. The van der Waals surface area contributed by atoms with Gasteiger partial charge in [0, 0.05) is 36.9 Å². The number of hydrogen-bond donors (Lipinski definition) is 1. The van der Waals surface area contributed by atoms with Crippen molar-refractivity contribution in [3.63, 3.8) is 0 Å². The van der Waals surface area contributed by atoms with E-state index in [9.17, 15) is 13.2 Å². The zero-order chi connectivity index (χ0) is 22.7. The molecule has 0 atom stereocenters. The van der Waals surface area contributed by atoms with Crippen molar-refractivity contribution in [1.29, 1.82) is 0 Å². The van der Waals surface area contributed by atoms with Gasteiger partial charge in [-0.15, -0.1) is 12.4 Å². The smallest absolute Gasteiger partial charge is 0.263 e. The van der Waals surface area contributed by atoms with Crippen LogP contribution >= 0.6 is 35.6 Å². The molecule has 0 bridgehead atoms. The fourth-order valence-corrected chi connectivity index (χ4v) is 5.46. The van der Waals surface area contributed by atoms with E-state index >= 15 is 0 Å². The molecule has 174 valence electrons. The predicted octanol–water partition coefficient (Wildman–Crippen LogP) is 5.18. The lowest BCUT2D eigenvalue weighted by molar-refractivity contribution is 0.0748. The Hall–Kier alpha value is -2.45. The number of para-hydroxylation sites is 2. The Bertz CT molecular complexity index is 1230. The number of hydrogen-bond acceptors (Lipinski definition) is 4. The van der Waals surface area contributed by atoms with E-state index in [-0.39, 0.29) is 44.5 Å². The van der Waals surface area contributed by atoms with Gasteiger partial charge in [-0.1, -0.05) is 53.5 Å². The number of amides is 1. The van der Waals surface area contributed by atoms with Crippen LogP contribution in [0.5, 0.6) is 0 Å². The first kappa shape index (κ1) is 25.2. The van der Waals surface area contributed by atoms with Gasteiger partial charge in [0.1, 0.15) is 4.90 Å². The topological polar surface area (TPSA) is 69.7 Å². The zero-order valence-corrected chi connectivity index (χ0v) is 20.6. The highest BCUT2D eigenvalue weighted by Crippen LogP contribution is 2.28. The lowest BCUT2D eigenvalue weighted by atomic mass is 10.1. The number of nitrogens with one attached hydrogen (secondary N) is 1. The first-order valence-electron chi connectivity index (χ1n) is 10.0. The third-order valence-electron chi connectivity index (χ3n) is 5.27. The van der Waals surface area contributed by atoms with Crippen LogP contribution in [0.15, 0.2) is 77.7 Å². The largest absolute Gasteiger partial charge is 0.368 e. The average Bonchev–Trinajstić information content (AvgIpc) is 2.81. The van der Waals surface area contributed by atoms with Gasteiger partial charge >= 0.3 is 0 Å². The van der Waals surface area contributed by atoms with Crippen LogP contribution in [-0.2, 0) is 10.0 Å². The molecular weight excluding hydrogens is 505 g/mol. The molecule has 4 rings (SSSR count). The summed E-state index contributed by atoms with van der Waals surface area (Å²) in [5.41, 5.74) is 1.59. The first-order valence-corrected chi connectivity index (χ1v) is 12.3. The number of anilines is 2. The molecule has 1 fully saturated rings. The van der Waals surface area contributed by atoms with Crippen LogP contribution in [0.2, 0.25) is 10.0 Å². The van der Waals surface area contributed by atoms with E-state index in [4.69, 9.17) is 23.2 Å². The molecule has 0 unspecified atom stereocenters. The first-order chi connectivity index (χ1) is 15.3. The Balaban J connectivity index is 0.00000306. The van der Waals surface area contributed by atoms with Crippen molar-refractivity contribution in [1.82, 2.24) is 4.90 Å². The van der Waals surface area contributed by atoms with Crippen LogP contribution in [0.3, 0.4) is 0 Å². The third-order valence-corrected chi connectivity index (χ3v) is 7.35. The average molecular weight is 527 g/mol. The minimum Gasteiger partial charge on any atom is -0.368 e. The molecule has 0 aliphatic carbocycles. The Morgan fingerprint density at radius 3 is 2.18 bits per heavy atom. The summed E-state index contributed by atoms with van der Waals surface area (Å²) in [4.78, 5) is 17.0. The van der Waals surface area contributed by atoms with Crippen LogP contribution < -0.4 is 9.62 Å². The van der Waals surface area contributed by atoms with Crippen molar-refractivity contribution in [2.24, 2.45) is 0 Å². The summed E-state index contributed by atoms with van der Waals surface area (Å²) < 4.78 is 28.4. The van der Waals surface area contributed by atoms with Gasteiger partial charge in [0.2, 0.25) is 0 Å². The predicted molar refractivity (Wildman–Crippen MR) is 136 cm³/mol. The number of rotatable bonds is 5. The molecule has 1 aliphatic heterocycles. The van der Waals surface area contributed by atoms with Gasteiger partial charge in [0.25, 0.3) is 15.9 Å². The van der Waals surface area contributed by atoms with Crippen molar-refractivity contribution in [2.75, 3.05) is 35.8 Å². The molecule has 6 nitrogen and oxygen atoms in total. The Morgan fingerprint density at radius 1 is 0.848 bits per heavy atom. The number of piperazine rings is 1. The second-order valence-corrected chi connectivity index (χ2v) is 9.84. The molecule has 1 amide bonds. The molecule has 3 aromatic rings. The molecule has 0 aromatic heterocycles. The van der Waals surface area contributed by atoms with Gasteiger partial charge in [-0.05, 0) is 42.5 Å².